The molecule has 0 atom stereocenters. The minimum Gasteiger partial charge on any atom is -0.364 e. The molecule has 3 aromatic rings. The molecule has 0 aliphatic heterocycles. The second kappa shape index (κ2) is 5.33. The van der Waals surface area contributed by atoms with Gasteiger partial charge in [-0.1, -0.05) is 0 Å². The second-order valence-electron chi connectivity index (χ2n) is 4.20. The van der Waals surface area contributed by atoms with Gasteiger partial charge in [-0.25, -0.2) is 4.98 Å². The molecular weight excluding hydrogens is 294 g/mol. The Bertz CT molecular complexity index is 802. The van der Waals surface area contributed by atoms with Crippen LogP contribution in [0.25, 0.3) is 11.2 Å². The number of primary amides is 1. The van der Waals surface area contributed by atoms with Crippen LogP contribution < -0.4 is 11.1 Å². The third kappa shape index (κ3) is 2.75. The molecule has 0 saturated heterocycles. The summed E-state index contributed by atoms with van der Waals surface area (Å²) in [5.74, 6) is -0.247. The van der Waals surface area contributed by atoms with Gasteiger partial charge in [-0.2, -0.15) is 9.97 Å². The Morgan fingerprint density at radius 3 is 2.76 bits per heavy atom. The summed E-state index contributed by atoms with van der Waals surface area (Å²) >= 11 is 5.86. The highest BCUT2D eigenvalue weighted by molar-refractivity contribution is 6.28. The lowest BCUT2D eigenvalue weighted by atomic mass is 10.3. The number of nitrogens with zero attached hydrogens (tertiary/aromatic N) is 4. The molecular formula is C12H10ClN7O. The number of pyridine rings is 1. The van der Waals surface area contributed by atoms with Crippen LogP contribution in [0.2, 0.25) is 5.28 Å². The van der Waals surface area contributed by atoms with Gasteiger partial charge in [0.05, 0.1) is 0 Å². The Hall–Kier alpha value is -2.74. The molecule has 106 valence electrons. The first-order chi connectivity index (χ1) is 10.1. The Morgan fingerprint density at radius 2 is 2.05 bits per heavy atom. The van der Waals surface area contributed by atoms with E-state index in [1.165, 1.54) is 0 Å². The number of H-pyrrole nitrogens is 1. The zero-order valence-electron chi connectivity index (χ0n) is 10.7. The number of nitrogens with one attached hydrogen (secondary N) is 2. The molecule has 0 fully saturated rings. The number of hydrogen-bond donors (Lipinski definition) is 3. The molecule has 0 spiro atoms. The first-order valence-electron chi connectivity index (χ1n) is 5.99. The molecule has 0 aromatic carbocycles. The number of hydrogen-bond acceptors (Lipinski definition) is 6. The summed E-state index contributed by atoms with van der Waals surface area (Å²) < 4.78 is 0. The highest BCUT2D eigenvalue weighted by atomic mass is 35.5. The maximum Gasteiger partial charge on any atom is 0.284 e. The van der Waals surface area contributed by atoms with Crippen molar-refractivity contribution in [1.82, 2.24) is 24.9 Å². The Kier molecular flexibility index (Phi) is 3.36. The van der Waals surface area contributed by atoms with E-state index in [1.54, 1.807) is 12.4 Å². The van der Waals surface area contributed by atoms with Crippen molar-refractivity contribution in [3.63, 3.8) is 0 Å². The first-order valence-corrected chi connectivity index (χ1v) is 6.37. The Labute approximate surface area is 123 Å². The number of carbonyl (C=O) groups is 1. The number of fused-ring (bicyclic) bond motifs is 1. The number of amides is 1. The van der Waals surface area contributed by atoms with Crippen LogP contribution in [-0.4, -0.2) is 30.8 Å². The monoisotopic (exact) mass is 303 g/mol. The maximum absolute atomic E-state index is 11.2. The molecule has 9 heteroatoms. The van der Waals surface area contributed by atoms with E-state index in [2.05, 4.69) is 30.2 Å². The number of aromatic amines is 1. The lowest BCUT2D eigenvalue weighted by Crippen LogP contribution is -2.12. The van der Waals surface area contributed by atoms with E-state index in [1.807, 2.05) is 12.1 Å². The highest BCUT2D eigenvalue weighted by Gasteiger charge is 2.14. The van der Waals surface area contributed by atoms with Crippen LogP contribution in [-0.2, 0) is 6.54 Å². The quantitative estimate of drug-likeness (QED) is 0.621. The summed E-state index contributed by atoms with van der Waals surface area (Å²) in [6, 6.07) is 3.73. The van der Waals surface area contributed by atoms with Crippen LogP contribution in [0.1, 0.15) is 16.2 Å². The number of nitrogens with two attached hydrogens (primary N) is 1. The fourth-order valence-corrected chi connectivity index (χ4v) is 1.97. The predicted octanol–water partition coefficient (Wildman–Crippen LogP) is 1.11. The average molecular weight is 304 g/mol. The van der Waals surface area contributed by atoms with E-state index in [4.69, 9.17) is 17.3 Å². The third-order valence-corrected chi connectivity index (χ3v) is 2.93. The Balaban J connectivity index is 1.95. The molecule has 8 nitrogen and oxygen atoms in total. The molecule has 0 bridgehead atoms. The zero-order chi connectivity index (χ0) is 14.8. The van der Waals surface area contributed by atoms with Crippen molar-refractivity contribution in [2.45, 2.75) is 6.54 Å². The Morgan fingerprint density at radius 1 is 1.29 bits per heavy atom. The van der Waals surface area contributed by atoms with Gasteiger partial charge in [-0.05, 0) is 29.3 Å². The minimum absolute atomic E-state index is 0.00790. The van der Waals surface area contributed by atoms with Gasteiger partial charge < -0.3 is 16.0 Å². The maximum atomic E-state index is 11.2. The molecule has 3 heterocycles. The smallest absolute Gasteiger partial charge is 0.284 e. The van der Waals surface area contributed by atoms with E-state index < -0.39 is 5.91 Å². The van der Waals surface area contributed by atoms with Crippen molar-refractivity contribution in [3.8, 4) is 0 Å². The number of rotatable bonds is 4. The number of imidazole rings is 1. The molecule has 4 N–H and O–H groups in total. The van der Waals surface area contributed by atoms with Crippen molar-refractivity contribution in [3.05, 3.63) is 41.2 Å². The lowest BCUT2D eigenvalue weighted by Gasteiger charge is -2.05. The van der Waals surface area contributed by atoms with Gasteiger partial charge in [-0.3, -0.25) is 9.78 Å². The largest absolute Gasteiger partial charge is 0.364 e. The molecule has 0 aliphatic rings. The van der Waals surface area contributed by atoms with Crippen molar-refractivity contribution in [2.75, 3.05) is 5.32 Å². The summed E-state index contributed by atoms with van der Waals surface area (Å²) in [5.41, 5.74) is 6.96. The number of carbonyl (C=O) groups excluding carboxylic acids is 1. The average Bonchev–Trinajstić information content (AvgIpc) is 2.90. The minimum atomic E-state index is -0.677. The van der Waals surface area contributed by atoms with E-state index >= 15 is 0 Å². The van der Waals surface area contributed by atoms with Crippen molar-refractivity contribution >= 4 is 34.5 Å². The normalized spacial score (nSPS) is 10.7. The van der Waals surface area contributed by atoms with Gasteiger partial charge in [0, 0.05) is 18.9 Å². The fourth-order valence-electron chi connectivity index (χ4n) is 1.80. The standard InChI is InChI=1S/C12H10ClN7O/c13-12-19-9(16-5-6-1-3-15-4-2-6)7-10(20-12)18-11(17-7)8(14)21/h1-4H,5H2,(H2,14,21)(H2,16,17,18,19,20). The van der Waals surface area contributed by atoms with Crippen molar-refractivity contribution < 1.29 is 4.79 Å². The number of anilines is 1. The van der Waals surface area contributed by atoms with Gasteiger partial charge in [-0.15, -0.1) is 0 Å². The zero-order valence-corrected chi connectivity index (χ0v) is 11.4. The van der Waals surface area contributed by atoms with Crippen LogP contribution in [0.3, 0.4) is 0 Å². The predicted molar refractivity (Wildman–Crippen MR) is 76.8 cm³/mol. The van der Waals surface area contributed by atoms with Crippen LogP contribution >= 0.6 is 11.6 Å². The molecule has 0 unspecified atom stereocenters. The summed E-state index contributed by atoms with van der Waals surface area (Å²) in [6.45, 7) is 0.504. The third-order valence-electron chi connectivity index (χ3n) is 2.76. The van der Waals surface area contributed by atoms with Crippen LogP contribution in [0, 0.1) is 0 Å². The van der Waals surface area contributed by atoms with E-state index in [0.717, 1.165) is 5.56 Å². The number of halogens is 1. The van der Waals surface area contributed by atoms with Gasteiger partial charge >= 0.3 is 0 Å². The van der Waals surface area contributed by atoms with Gasteiger partial charge in [0.25, 0.3) is 5.91 Å². The number of aromatic nitrogens is 5. The first kappa shape index (κ1) is 13.3. The topological polar surface area (TPSA) is 122 Å². The van der Waals surface area contributed by atoms with Crippen LogP contribution in [0.4, 0.5) is 5.82 Å². The summed E-state index contributed by atoms with van der Waals surface area (Å²) in [4.78, 5) is 29.9. The molecule has 21 heavy (non-hydrogen) atoms. The van der Waals surface area contributed by atoms with Crippen LogP contribution in [0.5, 0.6) is 0 Å². The van der Waals surface area contributed by atoms with E-state index in [-0.39, 0.29) is 11.1 Å². The van der Waals surface area contributed by atoms with E-state index in [0.29, 0.717) is 23.5 Å². The molecule has 3 aromatic heterocycles. The van der Waals surface area contributed by atoms with Gasteiger partial charge in [0.1, 0.15) is 0 Å². The summed E-state index contributed by atoms with van der Waals surface area (Å²) in [7, 11) is 0. The molecule has 0 radical (unpaired) electrons. The second-order valence-corrected chi connectivity index (χ2v) is 4.54. The van der Waals surface area contributed by atoms with Gasteiger partial charge in [0.2, 0.25) is 5.28 Å². The van der Waals surface area contributed by atoms with E-state index in [9.17, 15) is 4.79 Å². The summed E-state index contributed by atoms with van der Waals surface area (Å²) in [5, 5.41) is 3.14. The van der Waals surface area contributed by atoms with Crippen LogP contribution in [0.15, 0.2) is 24.5 Å². The SMILES string of the molecule is NC(=O)c1nc2c(NCc3ccncc3)nc(Cl)nc2[nH]1. The fraction of sp³-hybridized carbons (Fsp3) is 0.0833. The van der Waals surface area contributed by atoms with Crippen molar-refractivity contribution in [1.29, 1.82) is 0 Å². The lowest BCUT2D eigenvalue weighted by molar-refractivity contribution is 0.0991. The van der Waals surface area contributed by atoms with Crippen molar-refractivity contribution in [2.24, 2.45) is 5.73 Å². The van der Waals surface area contributed by atoms with Gasteiger partial charge in [0.15, 0.2) is 22.8 Å². The highest BCUT2D eigenvalue weighted by Crippen LogP contribution is 2.20. The molecule has 0 aliphatic carbocycles. The molecule has 3 rings (SSSR count). The summed E-state index contributed by atoms with van der Waals surface area (Å²) in [6.07, 6.45) is 3.39. The molecule has 1 amide bonds. The molecule has 0 saturated carbocycles.